The van der Waals surface area contributed by atoms with Gasteiger partial charge in [-0.15, -0.1) is 8.78 Å². The van der Waals surface area contributed by atoms with Gasteiger partial charge in [0.15, 0.2) is 11.5 Å². The second-order valence-corrected chi connectivity index (χ2v) is 11.7. The number of fused-ring (bicyclic) bond motifs is 2. The molecule has 216 valence electrons. The molecule has 3 aromatic carbocycles. The summed E-state index contributed by atoms with van der Waals surface area (Å²) < 4.78 is 42.3. The minimum Gasteiger partial charge on any atom is -0.456 e. The summed E-state index contributed by atoms with van der Waals surface area (Å²) in [4.78, 5) is 31.2. The maximum absolute atomic E-state index is 13.6. The van der Waals surface area contributed by atoms with Gasteiger partial charge < -0.3 is 24.0 Å². The van der Waals surface area contributed by atoms with Gasteiger partial charge in [0.2, 0.25) is 5.91 Å². The third-order valence-corrected chi connectivity index (χ3v) is 7.49. The van der Waals surface area contributed by atoms with Crippen LogP contribution in [-0.4, -0.2) is 61.9 Å². The van der Waals surface area contributed by atoms with Crippen LogP contribution in [0.5, 0.6) is 11.5 Å². The molecule has 8 nitrogen and oxygen atoms in total. The molecule has 0 spiro atoms. The fraction of sp³-hybridized carbons (Fsp3) is 0.281. The predicted octanol–water partition coefficient (Wildman–Crippen LogP) is 5.76. The Morgan fingerprint density at radius 1 is 0.952 bits per heavy atom. The summed E-state index contributed by atoms with van der Waals surface area (Å²) in [5, 5.41) is 4.65. The maximum atomic E-state index is 13.6. The third-order valence-electron chi connectivity index (χ3n) is 7.49. The number of quaternary nitrogens is 1. The number of benzene rings is 3. The molecule has 0 saturated heterocycles. The van der Waals surface area contributed by atoms with Crippen LogP contribution in [0.25, 0.3) is 22.0 Å². The number of hydrogen-bond donors (Lipinski definition) is 1. The summed E-state index contributed by atoms with van der Waals surface area (Å²) >= 11 is 0. The summed E-state index contributed by atoms with van der Waals surface area (Å²) in [7, 11) is 6.08. The summed E-state index contributed by atoms with van der Waals surface area (Å²) in [5.41, 5.74) is 1.37. The molecule has 1 aliphatic heterocycles. The molecule has 0 radical (unpaired) electrons. The van der Waals surface area contributed by atoms with Gasteiger partial charge in [-0.3, -0.25) is 4.79 Å². The minimum absolute atomic E-state index is 0.0692. The lowest BCUT2D eigenvalue weighted by Gasteiger charge is -2.23. The Bertz CT molecular complexity index is 1710. The summed E-state index contributed by atoms with van der Waals surface area (Å²) in [5.74, 6) is -0.547. The fourth-order valence-corrected chi connectivity index (χ4v) is 5.03. The first-order chi connectivity index (χ1) is 19.9. The minimum atomic E-state index is -3.73. The van der Waals surface area contributed by atoms with Crippen molar-refractivity contribution in [2.24, 2.45) is 0 Å². The molecule has 6 rings (SSSR count). The number of anilines is 1. The molecule has 1 amide bonds. The van der Waals surface area contributed by atoms with Crippen molar-refractivity contribution >= 4 is 28.5 Å². The van der Waals surface area contributed by atoms with E-state index in [0.29, 0.717) is 58.7 Å². The van der Waals surface area contributed by atoms with E-state index >= 15 is 0 Å². The number of carbonyl (C=O) groups is 2. The van der Waals surface area contributed by atoms with Gasteiger partial charge in [-0.05, 0) is 54.1 Å². The number of nitrogens with zero attached hydrogens (tertiary/aromatic N) is 2. The zero-order chi connectivity index (χ0) is 29.7. The SMILES string of the molecule is C[N+](C)(C)CCOC(=O)c1cccc(-c2nc(NC(=O)C3(c4ccc5c(c4)OC(F)(F)O5)CC3)cc3ccccc23)c1. The van der Waals surface area contributed by atoms with Crippen LogP contribution in [0.4, 0.5) is 14.6 Å². The molecule has 1 aromatic heterocycles. The second kappa shape index (κ2) is 10.1. The molecule has 2 aliphatic rings. The van der Waals surface area contributed by atoms with E-state index in [0.717, 1.165) is 10.8 Å². The number of carbonyl (C=O) groups excluding carboxylic acids is 2. The van der Waals surface area contributed by atoms with Crippen molar-refractivity contribution in [1.29, 1.82) is 0 Å². The molecule has 0 unspecified atom stereocenters. The lowest BCUT2D eigenvalue weighted by molar-refractivity contribution is -0.870. The molecule has 10 heteroatoms. The van der Waals surface area contributed by atoms with Crippen LogP contribution >= 0.6 is 0 Å². The molecular weight excluding hydrogens is 544 g/mol. The summed E-state index contributed by atoms with van der Waals surface area (Å²) in [6.07, 6.45) is -2.63. The quantitative estimate of drug-likeness (QED) is 0.213. The second-order valence-electron chi connectivity index (χ2n) is 11.7. The van der Waals surface area contributed by atoms with Gasteiger partial charge in [-0.1, -0.05) is 42.5 Å². The Balaban J connectivity index is 1.27. The first kappa shape index (κ1) is 27.6. The van der Waals surface area contributed by atoms with Gasteiger partial charge in [0, 0.05) is 10.9 Å². The molecule has 1 fully saturated rings. The van der Waals surface area contributed by atoms with Crippen LogP contribution in [0.1, 0.15) is 28.8 Å². The Hall–Kier alpha value is -4.57. The maximum Gasteiger partial charge on any atom is 0.586 e. The van der Waals surface area contributed by atoms with E-state index in [-0.39, 0.29) is 17.4 Å². The van der Waals surface area contributed by atoms with Crippen molar-refractivity contribution in [3.63, 3.8) is 0 Å². The number of likely N-dealkylation sites (N-methyl/N-ethyl adjacent to an activating group) is 1. The Kier molecular flexibility index (Phi) is 6.61. The number of amides is 1. The van der Waals surface area contributed by atoms with Crippen molar-refractivity contribution in [2.75, 3.05) is 39.6 Å². The van der Waals surface area contributed by atoms with Crippen molar-refractivity contribution < 1.29 is 37.1 Å². The van der Waals surface area contributed by atoms with E-state index in [1.54, 1.807) is 30.3 Å². The molecule has 1 N–H and O–H groups in total. The van der Waals surface area contributed by atoms with E-state index in [4.69, 9.17) is 9.72 Å². The number of alkyl halides is 2. The van der Waals surface area contributed by atoms with E-state index < -0.39 is 17.7 Å². The molecule has 0 bridgehead atoms. The van der Waals surface area contributed by atoms with Crippen molar-refractivity contribution in [3.8, 4) is 22.8 Å². The topological polar surface area (TPSA) is 86.8 Å². The number of pyridine rings is 1. The average Bonchev–Trinajstić information content (AvgIpc) is 3.69. The molecule has 2 heterocycles. The van der Waals surface area contributed by atoms with Crippen molar-refractivity contribution in [2.45, 2.75) is 24.6 Å². The number of aromatic nitrogens is 1. The fourth-order valence-electron chi connectivity index (χ4n) is 5.03. The largest absolute Gasteiger partial charge is 0.586 e. The zero-order valence-electron chi connectivity index (χ0n) is 23.4. The Labute approximate surface area is 241 Å². The highest BCUT2D eigenvalue weighted by molar-refractivity contribution is 6.04. The van der Waals surface area contributed by atoms with Crippen molar-refractivity contribution in [1.82, 2.24) is 4.98 Å². The van der Waals surface area contributed by atoms with Gasteiger partial charge in [0.05, 0.1) is 37.8 Å². The van der Waals surface area contributed by atoms with E-state index in [9.17, 15) is 18.4 Å². The molecule has 4 aromatic rings. The highest BCUT2D eigenvalue weighted by atomic mass is 19.3. The molecule has 1 saturated carbocycles. The van der Waals surface area contributed by atoms with Crippen LogP contribution in [-0.2, 0) is 14.9 Å². The van der Waals surface area contributed by atoms with Crippen LogP contribution in [0.15, 0.2) is 72.8 Å². The first-order valence-electron chi connectivity index (χ1n) is 13.6. The van der Waals surface area contributed by atoms with Gasteiger partial charge in [-0.25, -0.2) is 9.78 Å². The highest BCUT2D eigenvalue weighted by Gasteiger charge is 2.53. The predicted molar refractivity (Wildman–Crippen MR) is 153 cm³/mol. The highest BCUT2D eigenvalue weighted by Crippen LogP contribution is 2.52. The van der Waals surface area contributed by atoms with E-state index in [2.05, 4.69) is 14.8 Å². The normalized spacial score (nSPS) is 16.2. The lowest BCUT2D eigenvalue weighted by atomic mass is 9.94. The monoisotopic (exact) mass is 574 g/mol. The first-order valence-corrected chi connectivity index (χ1v) is 13.6. The summed E-state index contributed by atoms with van der Waals surface area (Å²) in [6, 6.07) is 20.9. The van der Waals surface area contributed by atoms with Gasteiger partial charge in [0.1, 0.15) is 19.0 Å². The Morgan fingerprint density at radius 2 is 1.71 bits per heavy atom. The number of hydrogen-bond acceptors (Lipinski definition) is 6. The van der Waals surface area contributed by atoms with Gasteiger partial charge in [0.25, 0.3) is 0 Å². The van der Waals surface area contributed by atoms with Crippen LogP contribution in [0.2, 0.25) is 0 Å². The standard InChI is InChI=1S/C32H29F2N3O5/c1-37(2,3)15-16-40-29(38)22-9-6-8-21(17-22)28-24-10-5-4-7-20(24)18-27(35-28)36-30(39)31(13-14-31)23-11-12-25-26(19-23)42-32(33,34)41-25/h4-12,17-19H,13-16H2,1-3H3/p+1. The number of nitrogens with one attached hydrogen (secondary N) is 1. The number of rotatable bonds is 8. The van der Waals surface area contributed by atoms with Gasteiger partial charge in [-0.2, -0.15) is 0 Å². The zero-order valence-corrected chi connectivity index (χ0v) is 23.4. The summed E-state index contributed by atoms with van der Waals surface area (Å²) in [6.45, 7) is 0.975. The van der Waals surface area contributed by atoms with E-state index in [1.165, 1.54) is 12.1 Å². The molecule has 42 heavy (non-hydrogen) atoms. The van der Waals surface area contributed by atoms with Gasteiger partial charge >= 0.3 is 12.3 Å². The number of halogens is 2. The van der Waals surface area contributed by atoms with Crippen LogP contribution < -0.4 is 14.8 Å². The average molecular weight is 575 g/mol. The molecule has 0 atom stereocenters. The van der Waals surface area contributed by atoms with Crippen LogP contribution in [0, 0.1) is 0 Å². The number of esters is 1. The smallest absolute Gasteiger partial charge is 0.456 e. The van der Waals surface area contributed by atoms with E-state index in [1.807, 2.05) is 51.5 Å². The lowest BCUT2D eigenvalue weighted by Crippen LogP contribution is -2.38. The molecule has 1 aliphatic carbocycles. The van der Waals surface area contributed by atoms with Crippen LogP contribution in [0.3, 0.4) is 0 Å². The Morgan fingerprint density at radius 3 is 2.48 bits per heavy atom. The van der Waals surface area contributed by atoms with Crippen molar-refractivity contribution in [3.05, 3.63) is 83.9 Å². The third kappa shape index (κ3) is 5.49. The number of ether oxygens (including phenoxy) is 3. The molecular formula is C32H30F2N3O5+.